The summed E-state index contributed by atoms with van der Waals surface area (Å²) < 4.78 is 0. The molecule has 0 radical (unpaired) electrons. The summed E-state index contributed by atoms with van der Waals surface area (Å²) in [5, 5.41) is 17.9. The van der Waals surface area contributed by atoms with Crippen LogP contribution in [-0.2, 0) is 17.9 Å². The van der Waals surface area contributed by atoms with E-state index in [1.54, 1.807) is 6.07 Å². The van der Waals surface area contributed by atoms with Crippen molar-refractivity contribution in [2.75, 3.05) is 6.54 Å². The molecule has 0 aliphatic rings. The van der Waals surface area contributed by atoms with Crippen LogP contribution in [0.15, 0.2) is 48.5 Å². The van der Waals surface area contributed by atoms with Gasteiger partial charge in [0.1, 0.15) is 0 Å². The van der Waals surface area contributed by atoms with Crippen LogP contribution in [0.25, 0.3) is 0 Å². The Morgan fingerprint density at radius 3 is 2.39 bits per heavy atom. The number of carboxylic acids is 1. The maximum atomic E-state index is 10.9. The molecular formula is C19H20N2O2. The first-order chi connectivity index (χ1) is 11.1. The van der Waals surface area contributed by atoms with Crippen LogP contribution in [0.2, 0.25) is 0 Å². The molecule has 1 N–H and O–H groups in total. The number of rotatable bonds is 7. The molecule has 0 saturated heterocycles. The molecule has 23 heavy (non-hydrogen) atoms. The van der Waals surface area contributed by atoms with Gasteiger partial charge in [-0.05, 0) is 30.2 Å². The van der Waals surface area contributed by atoms with Gasteiger partial charge in [0, 0.05) is 19.6 Å². The van der Waals surface area contributed by atoms with Gasteiger partial charge in [0.05, 0.1) is 18.1 Å². The average molecular weight is 308 g/mol. The van der Waals surface area contributed by atoms with Crippen LogP contribution in [0.5, 0.6) is 0 Å². The molecule has 0 aliphatic heterocycles. The van der Waals surface area contributed by atoms with Crippen molar-refractivity contribution in [3.05, 3.63) is 70.8 Å². The molecule has 0 saturated carbocycles. The zero-order valence-corrected chi connectivity index (χ0v) is 13.2. The minimum absolute atomic E-state index is 0.101. The molecule has 0 atom stereocenters. The van der Waals surface area contributed by atoms with Crippen LogP contribution in [0.4, 0.5) is 0 Å². The number of aliphatic carboxylic acids is 1. The Kier molecular flexibility index (Phi) is 5.90. The highest BCUT2D eigenvalue weighted by Gasteiger charge is 2.10. The largest absolute Gasteiger partial charge is 0.481 e. The first-order valence-electron chi connectivity index (χ1n) is 7.55. The van der Waals surface area contributed by atoms with Crippen LogP contribution in [0.1, 0.15) is 28.7 Å². The first kappa shape index (κ1) is 16.7. The summed E-state index contributed by atoms with van der Waals surface area (Å²) in [7, 11) is 0. The highest BCUT2D eigenvalue weighted by molar-refractivity contribution is 5.66. The number of carboxylic acid groups (broad SMARTS) is 1. The normalized spacial score (nSPS) is 10.5. The second-order valence-corrected chi connectivity index (χ2v) is 5.66. The van der Waals surface area contributed by atoms with Crippen LogP contribution in [0.3, 0.4) is 0 Å². The third-order valence-electron chi connectivity index (χ3n) is 3.59. The summed E-state index contributed by atoms with van der Waals surface area (Å²) in [4.78, 5) is 13.0. The quantitative estimate of drug-likeness (QED) is 0.852. The van der Waals surface area contributed by atoms with Gasteiger partial charge < -0.3 is 5.11 Å². The van der Waals surface area contributed by atoms with Gasteiger partial charge in [0.15, 0.2) is 0 Å². The van der Waals surface area contributed by atoms with Crippen LogP contribution >= 0.6 is 0 Å². The molecule has 0 aromatic heterocycles. The van der Waals surface area contributed by atoms with Crippen molar-refractivity contribution >= 4 is 5.97 Å². The van der Waals surface area contributed by atoms with Gasteiger partial charge in [-0.15, -0.1) is 0 Å². The van der Waals surface area contributed by atoms with Crippen molar-refractivity contribution in [3.63, 3.8) is 0 Å². The summed E-state index contributed by atoms with van der Waals surface area (Å²) in [6.45, 7) is 3.82. The number of aryl methyl sites for hydroxylation is 1. The lowest BCUT2D eigenvalue weighted by atomic mass is 10.1. The van der Waals surface area contributed by atoms with Gasteiger partial charge in [0.2, 0.25) is 0 Å². The number of nitriles is 1. The zero-order chi connectivity index (χ0) is 16.7. The first-order valence-corrected chi connectivity index (χ1v) is 7.55. The third kappa shape index (κ3) is 5.57. The minimum atomic E-state index is -0.801. The summed E-state index contributed by atoms with van der Waals surface area (Å²) >= 11 is 0. The summed E-state index contributed by atoms with van der Waals surface area (Å²) in [6, 6.07) is 17.8. The van der Waals surface area contributed by atoms with Crippen molar-refractivity contribution in [3.8, 4) is 6.07 Å². The molecule has 0 unspecified atom stereocenters. The van der Waals surface area contributed by atoms with Crippen molar-refractivity contribution in [2.24, 2.45) is 0 Å². The molecule has 4 heteroatoms. The van der Waals surface area contributed by atoms with Crippen LogP contribution < -0.4 is 0 Å². The van der Waals surface area contributed by atoms with Crippen molar-refractivity contribution in [2.45, 2.75) is 26.4 Å². The zero-order valence-electron chi connectivity index (χ0n) is 13.2. The Hall–Kier alpha value is -2.64. The van der Waals surface area contributed by atoms with E-state index in [2.05, 4.69) is 17.0 Å². The van der Waals surface area contributed by atoms with Gasteiger partial charge in [-0.3, -0.25) is 9.69 Å². The molecule has 2 rings (SSSR count). The third-order valence-corrected chi connectivity index (χ3v) is 3.59. The maximum absolute atomic E-state index is 10.9. The fourth-order valence-electron chi connectivity index (χ4n) is 2.53. The summed E-state index contributed by atoms with van der Waals surface area (Å²) in [5.41, 5.74) is 3.98. The number of benzene rings is 2. The van der Waals surface area contributed by atoms with Crippen molar-refractivity contribution in [1.82, 2.24) is 4.90 Å². The second-order valence-electron chi connectivity index (χ2n) is 5.66. The molecule has 0 aliphatic carbocycles. The van der Waals surface area contributed by atoms with Gasteiger partial charge >= 0.3 is 5.97 Å². The van der Waals surface area contributed by atoms with Gasteiger partial charge in [-0.1, -0.05) is 42.0 Å². The Morgan fingerprint density at radius 1 is 1.13 bits per heavy atom. The number of hydrogen-bond acceptors (Lipinski definition) is 3. The second kappa shape index (κ2) is 8.11. The van der Waals surface area contributed by atoms with E-state index in [1.165, 1.54) is 5.56 Å². The van der Waals surface area contributed by atoms with Crippen molar-refractivity contribution < 1.29 is 9.90 Å². The number of carbonyl (C=O) groups is 1. The summed E-state index contributed by atoms with van der Waals surface area (Å²) in [5.74, 6) is -0.801. The van der Waals surface area contributed by atoms with E-state index in [4.69, 9.17) is 10.4 Å². The monoisotopic (exact) mass is 308 g/mol. The summed E-state index contributed by atoms with van der Waals surface area (Å²) in [6.07, 6.45) is 0.101. The molecule has 4 nitrogen and oxygen atoms in total. The molecule has 0 amide bonds. The Balaban J connectivity index is 2.12. The van der Waals surface area contributed by atoms with Gasteiger partial charge in [-0.25, -0.2) is 0 Å². The smallest absolute Gasteiger partial charge is 0.304 e. The maximum Gasteiger partial charge on any atom is 0.304 e. The molecule has 0 heterocycles. The van der Waals surface area contributed by atoms with Crippen LogP contribution in [0, 0.1) is 18.3 Å². The topological polar surface area (TPSA) is 64.3 Å². The number of nitrogens with zero attached hydrogens (tertiary/aromatic N) is 2. The van der Waals surface area contributed by atoms with E-state index < -0.39 is 5.97 Å². The van der Waals surface area contributed by atoms with Gasteiger partial charge in [0.25, 0.3) is 0 Å². The lowest BCUT2D eigenvalue weighted by Gasteiger charge is -2.22. The predicted molar refractivity (Wildman–Crippen MR) is 88.7 cm³/mol. The van der Waals surface area contributed by atoms with Crippen molar-refractivity contribution in [1.29, 1.82) is 5.26 Å². The lowest BCUT2D eigenvalue weighted by molar-refractivity contribution is -0.137. The number of hydrogen-bond donors (Lipinski definition) is 1. The van der Waals surface area contributed by atoms with E-state index in [-0.39, 0.29) is 6.42 Å². The van der Waals surface area contributed by atoms with E-state index >= 15 is 0 Å². The molecular weight excluding hydrogens is 288 g/mol. The minimum Gasteiger partial charge on any atom is -0.481 e. The Bertz CT molecular complexity index is 719. The molecule has 0 spiro atoms. The van der Waals surface area contributed by atoms with E-state index in [0.717, 1.165) is 11.1 Å². The van der Waals surface area contributed by atoms with E-state index in [0.29, 0.717) is 25.2 Å². The SMILES string of the molecule is Cc1cccc(CN(CCC(=O)O)Cc2cccc(C#N)c2)c1. The van der Waals surface area contributed by atoms with Crippen LogP contribution in [-0.4, -0.2) is 22.5 Å². The highest BCUT2D eigenvalue weighted by Crippen LogP contribution is 2.13. The molecule has 118 valence electrons. The fourth-order valence-corrected chi connectivity index (χ4v) is 2.53. The standard InChI is InChI=1S/C19H20N2O2/c1-15-4-2-6-17(10-15)13-21(9-8-19(22)23)14-18-7-3-5-16(11-18)12-20/h2-7,10-11H,8-9,13-14H2,1H3,(H,22,23). The predicted octanol–water partition coefficient (Wildman–Crippen LogP) is 3.34. The van der Waals surface area contributed by atoms with Gasteiger partial charge in [-0.2, -0.15) is 5.26 Å². The molecule has 2 aromatic rings. The Morgan fingerprint density at radius 2 is 1.78 bits per heavy atom. The highest BCUT2D eigenvalue weighted by atomic mass is 16.4. The average Bonchev–Trinajstić information content (AvgIpc) is 2.53. The Labute approximate surface area is 136 Å². The van der Waals surface area contributed by atoms with E-state index in [1.807, 2.05) is 43.3 Å². The van der Waals surface area contributed by atoms with E-state index in [9.17, 15) is 4.79 Å². The fraction of sp³-hybridized carbons (Fsp3) is 0.263. The molecule has 0 bridgehead atoms. The molecule has 0 fully saturated rings. The lowest BCUT2D eigenvalue weighted by Crippen LogP contribution is -2.25. The molecule has 2 aromatic carbocycles.